The minimum atomic E-state index is -2.81. The predicted octanol–water partition coefficient (Wildman–Crippen LogP) is 2.04. The zero-order chi connectivity index (χ0) is 11.6. The maximum Gasteiger partial charge on any atom is 0.382 e. The smallest absolute Gasteiger partial charge is 0.358 e. The van der Waals surface area contributed by atoms with E-state index in [2.05, 4.69) is 4.98 Å². The van der Waals surface area contributed by atoms with Gasteiger partial charge in [0.2, 0.25) is 0 Å². The van der Waals surface area contributed by atoms with Crippen molar-refractivity contribution in [3.8, 4) is 0 Å². The number of nitrogens with two attached hydrogens (primary N) is 1. The molecule has 0 aliphatic heterocycles. The van der Waals surface area contributed by atoms with Crippen LogP contribution in [0.1, 0.15) is 17.7 Å². The highest BCUT2D eigenvalue weighted by atomic mass is 35.5. The molecule has 0 aromatic carbocycles. The molecule has 0 saturated carbocycles. The summed E-state index contributed by atoms with van der Waals surface area (Å²) in [6.07, 6.45) is -2.81. The van der Waals surface area contributed by atoms with Gasteiger partial charge in [0.1, 0.15) is 5.02 Å². The van der Waals surface area contributed by atoms with Gasteiger partial charge in [-0.1, -0.05) is 11.6 Å². The Hall–Kier alpha value is -1.34. The number of hydrogen-bond donors (Lipinski definition) is 1. The van der Waals surface area contributed by atoms with Crippen LogP contribution in [-0.2, 0) is 6.54 Å². The number of pyridine rings is 1. The minimum Gasteiger partial charge on any atom is -0.358 e. The summed E-state index contributed by atoms with van der Waals surface area (Å²) in [4.78, 5) is 12.9. The van der Waals surface area contributed by atoms with Crippen LogP contribution in [-0.4, -0.2) is 9.91 Å². The van der Waals surface area contributed by atoms with E-state index >= 15 is 0 Å². The number of halogens is 3. The first-order valence-electron chi connectivity index (χ1n) is 3.79. The molecule has 0 fully saturated rings. The Labute approximate surface area is 88.0 Å². The first-order chi connectivity index (χ1) is 6.97. The Morgan fingerprint density at radius 2 is 2.27 bits per heavy atom. The van der Waals surface area contributed by atoms with E-state index < -0.39 is 27.8 Å². The molecule has 0 bridgehead atoms. The molecule has 5 nitrogen and oxygen atoms in total. The van der Waals surface area contributed by atoms with Gasteiger partial charge in [-0.05, 0) is 16.0 Å². The van der Waals surface area contributed by atoms with Crippen molar-refractivity contribution in [2.45, 2.75) is 13.0 Å². The maximum absolute atomic E-state index is 12.4. The van der Waals surface area contributed by atoms with Crippen molar-refractivity contribution in [2.24, 2.45) is 5.73 Å². The molecule has 0 radical (unpaired) electrons. The molecule has 0 aliphatic rings. The van der Waals surface area contributed by atoms with E-state index in [1.165, 1.54) is 0 Å². The van der Waals surface area contributed by atoms with Crippen LogP contribution < -0.4 is 5.73 Å². The number of hydrogen-bond acceptors (Lipinski definition) is 4. The Bertz CT molecular complexity index is 400. The molecule has 15 heavy (non-hydrogen) atoms. The van der Waals surface area contributed by atoms with Gasteiger partial charge in [-0.3, -0.25) is 0 Å². The zero-order valence-electron chi connectivity index (χ0n) is 7.28. The molecular weight excluding hydrogens is 232 g/mol. The van der Waals surface area contributed by atoms with E-state index in [1.807, 2.05) is 0 Å². The van der Waals surface area contributed by atoms with Gasteiger partial charge < -0.3 is 15.8 Å². The number of alkyl halides is 2. The number of nitro groups is 1. The van der Waals surface area contributed by atoms with Crippen LogP contribution in [0.15, 0.2) is 6.07 Å². The van der Waals surface area contributed by atoms with Crippen LogP contribution in [0.2, 0.25) is 5.02 Å². The van der Waals surface area contributed by atoms with E-state index in [0.717, 1.165) is 6.07 Å². The summed E-state index contributed by atoms with van der Waals surface area (Å²) in [5.41, 5.74) is 4.45. The Balaban J connectivity index is 3.35. The average Bonchev–Trinajstić information content (AvgIpc) is 2.16. The van der Waals surface area contributed by atoms with Crippen LogP contribution in [0, 0.1) is 10.1 Å². The van der Waals surface area contributed by atoms with Crippen molar-refractivity contribution in [3.05, 3.63) is 32.5 Å². The van der Waals surface area contributed by atoms with Gasteiger partial charge in [0.05, 0.1) is 12.1 Å². The van der Waals surface area contributed by atoms with Gasteiger partial charge in [0.15, 0.2) is 5.69 Å². The minimum absolute atomic E-state index is 0.221. The van der Waals surface area contributed by atoms with Crippen LogP contribution >= 0.6 is 11.6 Å². The lowest BCUT2D eigenvalue weighted by Crippen LogP contribution is -2.07. The van der Waals surface area contributed by atoms with E-state index in [9.17, 15) is 18.9 Å². The van der Waals surface area contributed by atoms with Gasteiger partial charge in [-0.15, -0.1) is 0 Å². The van der Waals surface area contributed by atoms with Gasteiger partial charge in [-0.25, -0.2) is 8.78 Å². The van der Waals surface area contributed by atoms with E-state index in [0.29, 0.717) is 0 Å². The van der Waals surface area contributed by atoms with Crippen molar-refractivity contribution >= 4 is 17.4 Å². The van der Waals surface area contributed by atoms with Crippen LogP contribution in [0.3, 0.4) is 0 Å². The van der Waals surface area contributed by atoms with Gasteiger partial charge >= 0.3 is 5.82 Å². The van der Waals surface area contributed by atoms with Crippen LogP contribution in [0.4, 0.5) is 14.6 Å². The monoisotopic (exact) mass is 237 g/mol. The fraction of sp³-hybridized carbons (Fsp3) is 0.286. The molecule has 2 N–H and O–H groups in total. The van der Waals surface area contributed by atoms with E-state index in [4.69, 9.17) is 17.3 Å². The second kappa shape index (κ2) is 4.45. The first-order valence-corrected chi connectivity index (χ1v) is 4.17. The lowest BCUT2D eigenvalue weighted by Gasteiger charge is -2.03. The van der Waals surface area contributed by atoms with Gasteiger partial charge in [-0.2, -0.15) is 0 Å². The fourth-order valence-corrected chi connectivity index (χ4v) is 1.24. The summed E-state index contributed by atoms with van der Waals surface area (Å²) in [7, 11) is 0. The molecule has 0 amide bonds. The van der Waals surface area contributed by atoms with Crippen molar-refractivity contribution in [3.63, 3.8) is 0 Å². The van der Waals surface area contributed by atoms with E-state index in [1.54, 1.807) is 0 Å². The lowest BCUT2D eigenvalue weighted by molar-refractivity contribution is -0.389. The summed E-state index contributed by atoms with van der Waals surface area (Å²) in [6.45, 7) is -0.308. The summed E-state index contributed by atoms with van der Waals surface area (Å²) in [5.74, 6) is -0.665. The summed E-state index contributed by atoms with van der Waals surface area (Å²) < 4.78 is 24.8. The van der Waals surface area contributed by atoms with Crippen molar-refractivity contribution in [1.82, 2.24) is 4.98 Å². The Morgan fingerprint density at radius 3 is 2.67 bits per heavy atom. The highest BCUT2D eigenvalue weighted by molar-refractivity contribution is 6.32. The standard InChI is InChI=1S/C7H6ClF2N3O2/c8-4-1-3(6(9)10)5(2-11)12-7(4)13(14)15/h1,6H,2,11H2. The number of rotatable bonds is 3. The molecule has 1 aromatic heterocycles. The highest BCUT2D eigenvalue weighted by Gasteiger charge is 2.24. The van der Waals surface area contributed by atoms with Crippen LogP contribution in [0.5, 0.6) is 0 Å². The molecule has 0 aliphatic carbocycles. The maximum atomic E-state index is 12.4. The lowest BCUT2D eigenvalue weighted by atomic mass is 10.2. The molecule has 0 unspecified atom stereocenters. The molecule has 1 aromatic rings. The second-order valence-corrected chi connectivity index (χ2v) is 3.00. The largest absolute Gasteiger partial charge is 0.382 e. The SMILES string of the molecule is NCc1nc([N+](=O)[O-])c(Cl)cc1C(F)F. The topological polar surface area (TPSA) is 82.0 Å². The molecule has 8 heteroatoms. The van der Waals surface area contributed by atoms with Crippen molar-refractivity contribution in [2.75, 3.05) is 0 Å². The Kier molecular flexibility index (Phi) is 3.48. The highest BCUT2D eigenvalue weighted by Crippen LogP contribution is 2.29. The Morgan fingerprint density at radius 1 is 1.67 bits per heavy atom. The van der Waals surface area contributed by atoms with Gasteiger partial charge in [0, 0.05) is 0 Å². The predicted molar refractivity (Wildman–Crippen MR) is 48.7 cm³/mol. The second-order valence-electron chi connectivity index (χ2n) is 2.59. The molecule has 1 heterocycles. The van der Waals surface area contributed by atoms with Gasteiger partial charge in [0.25, 0.3) is 6.43 Å². The first kappa shape index (κ1) is 11.7. The van der Waals surface area contributed by atoms with Crippen molar-refractivity contribution < 1.29 is 13.7 Å². The quantitative estimate of drug-likeness (QED) is 0.644. The van der Waals surface area contributed by atoms with E-state index in [-0.39, 0.29) is 12.2 Å². The fourth-order valence-electron chi connectivity index (χ4n) is 1.01. The zero-order valence-corrected chi connectivity index (χ0v) is 8.04. The summed E-state index contributed by atoms with van der Waals surface area (Å²) >= 11 is 5.42. The molecule has 0 saturated heterocycles. The molecule has 0 atom stereocenters. The normalized spacial score (nSPS) is 10.7. The van der Waals surface area contributed by atoms with Crippen LogP contribution in [0.25, 0.3) is 0 Å². The molecule has 0 spiro atoms. The average molecular weight is 238 g/mol. The third-order valence-electron chi connectivity index (χ3n) is 1.67. The summed E-state index contributed by atoms with van der Waals surface area (Å²) in [5, 5.41) is 9.98. The number of aromatic nitrogens is 1. The molecule has 1 rings (SSSR count). The number of nitrogens with zero attached hydrogens (tertiary/aromatic N) is 2. The third-order valence-corrected chi connectivity index (χ3v) is 1.95. The molecule has 82 valence electrons. The third kappa shape index (κ3) is 2.37. The summed E-state index contributed by atoms with van der Waals surface area (Å²) in [6, 6.07) is 0.819. The van der Waals surface area contributed by atoms with Crippen molar-refractivity contribution in [1.29, 1.82) is 0 Å². The molecular formula is C7H6ClF2N3O2.